The Hall–Kier alpha value is -3.77. The van der Waals surface area contributed by atoms with E-state index in [4.69, 9.17) is 13.8 Å². The minimum atomic E-state index is -3.90. The molecule has 2 heterocycles. The van der Waals surface area contributed by atoms with Gasteiger partial charge >= 0.3 is 13.7 Å². The zero-order chi connectivity index (χ0) is 27.1. The van der Waals surface area contributed by atoms with E-state index in [1.807, 2.05) is 42.5 Å². The van der Waals surface area contributed by atoms with Gasteiger partial charge in [0.2, 0.25) is 5.91 Å². The first-order valence-corrected chi connectivity index (χ1v) is 15.0. The highest BCUT2D eigenvalue weighted by molar-refractivity contribution is 7.55. The van der Waals surface area contributed by atoms with E-state index >= 15 is 0 Å². The molecule has 2 aliphatic heterocycles. The van der Waals surface area contributed by atoms with E-state index in [-0.39, 0.29) is 12.5 Å². The highest BCUT2D eigenvalue weighted by atomic mass is 31.2. The van der Waals surface area contributed by atoms with Crippen molar-refractivity contribution in [1.29, 1.82) is 0 Å². The topological polar surface area (TPSA) is 85.4 Å². The average Bonchev–Trinajstić information content (AvgIpc) is 3.48. The van der Waals surface area contributed by atoms with E-state index in [1.54, 1.807) is 53.4 Å². The van der Waals surface area contributed by atoms with Crippen molar-refractivity contribution in [3.8, 4) is 11.5 Å². The first kappa shape index (κ1) is 26.8. The Morgan fingerprint density at radius 1 is 0.718 bits per heavy atom. The fourth-order valence-electron chi connectivity index (χ4n) is 5.13. The molecule has 8 nitrogen and oxygen atoms in total. The lowest BCUT2D eigenvalue weighted by Gasteiger charge is -2.38. The maximum absolute atomic E-state index is 14.5. The normalized spacial score (nSPS) is 19.4. The predicted octanol–water partition coefficient (Wildman–Crippen LogP) is 6.48. The van der Waals surface area contributed by atoms with Gasteiger partial charge in [-0.05, 0) is 61.9 Å². The number of likely N-dealkylation sites (tertiary alicyclic amines) is 2. The fraction of sp³-hybridized carbons (Fsp3) is 0.333. The van der Waals surface area contributed by atoms with E-state index < -0.39 is 25.5 Å². The molecule has 0 aliphatic carbocycles. The Morgan fingerprint density at radius 3 is 1.90 bits per heavy atom. The van der Waals surface area contributed by atoms with Gasteiger partial charge in [0.25, 0.3) is 0 Å². The summed E-state index contributed by atoms with van der Waals surface area (Å²) in [6.45, 7) is 0.975. The van der Waals surface area contributed by atoms with Crippen LogP contribution < -0.4 is 9.05 Å². The standard InChI is InChI=1S/C30H33N2O6P/c33-29(27-19-10-11-21-31(27)30(34)36-23-24-13-4-1-5-14-24)32-22-12-20-28(32)39(35,37-25-15-6-2-7-16-25)38-26-17-8-3-9-18-26/h1-9,13-18,27-28H,10-12,19-23H2/t27-,28?/m0/s1. The summed E-state index contributed by atoms with van der Waals surface area (Å²) in [4.78, 5) is 30.2. The molecule has 204 valence electrons. The molecule has 9 heteroatoms. The lowest BCUT2D eigenvalue weighted by Crippen LogP contribution is -2.54. The van der Waals surface area contributed by atoms with Gasteiger partial charge in [-0.25, -0.2) is 9.36 Å². The second-order valence-corrected chi connectivity index (χ2v) is 11.8. The predicted molar refractivity (Wildman–Crippen MR) is 147 cm³/mol. The summed E-state index contributed by atoms with van der Waals surface area (Å²) in [5, 5.41) is 0. The molecule has 0 bridgehead atoms. The summed E-state index contributed by atoms with van der Waals surface area (Å²) in [6, 6.07) is 26.5. The van der Waals surface area contributed by atoms with Gasteiger partial charge in [-0.15, -0.1) is 0 Å². The van der Waals surface area contributed by atoms with Crippen molar-refractivity contribution < 1.29 is 27.9 Å². The van der Waals surface area contributed by atoms with E-state index in [9.17, 15) is 14.2 Å². The lowest BCUT2D eigenvalue weighted by molar-refractivity contribution is -0.137. The van der Waals surface area contributed by atoms with Crippen molar-refractivity contribution >= 4 is 19.6 Å². The summed E-state index contributed by atoms with van der Waals surface area (Å²) >= 11 is 0. The van der Waals surface area contributed by atoms with Gasteiger partial charge in [-0.2, -0.15) is 0 Å². The molecular weight excluding hydrogens is 515 g/mol. The van der Waals surface area contributed by atoms with Crippen molar-refractivity contribution in [1.82, 2.24) is 9.80 Å². The van der Waals surface area contributed by atoms with Crippen LogP contribution in [0.1, 0.15) is 37.7 Å². The van der Waals surface area contributed by atoms with Crippen molar-refractivity contribution in [2.45, 2.75) is 50.5 Å². The summed E-state index contributed by atoms with van der Waals surface area (Å²) in [5.41, 5.74) is 0.877. The molecule has 0 spiro atoms. The number of hydrogen-bond donors (Lipinski definition) is 0. The molecule has 3 aromatic rings. The number of piperidine rings is 1. The average molecular weight is 549 g/mol. The zero-order valence-electron chi connectivity index (χ0n) is 21.8. The maximum atomic E-state index is 14.5. The second kappa shape index (κ2) is 12.4. The van der Waals surface area contributed by atoms with E-state index in [1.165, 1.54) is 4.90 Å². The third-order valence-corrected chi connectivity index (χ3v) is 9.25. The van der Waals surface area contributed by atoms with Crippen molar-refractivity contribution in [3.05, 3.63) is 96.6 Å². The molecule has 1 unspecified atom stereocenters. The number of nitrogens with zero attached hydrogens (tertiary/aromatic N) is 2. The molecule has 2 amide bonds. The number of hydrogen-bond acceptors (Lipinski definition) is 6. The Labute approximate surface area is 229 Å². The number of rotatable bonds is 8. The van der Waals surface area contributed by atoms with E-state index in [0.29, 0.717) is 43.9 Å². The fourth-order valence-corrected chi connectivity index (χ4v) is 7.31. The Kier molecular flexibility index (Phi) is 8.52. The molecule has 2 saturated heterocycles. The third kappa shape index (κ3) is 6.45. The van der Waals surface area contributed by atoms with Crippen LogP contribution in [0.5, 0.6) is 11.5 Å². The number of carbonyl (C=O) groups excluding carboxylic acids is 2. The largest absolute Gasteiger partial charge is 0.453 e. The summed E-state index contributed by atoms with van der Waals surface area (Å²) in [7, 11) is -3.90. The summed E-state index contributed by atoms with van der Waals surface area (Å²) < 4.78 is 32.2. The van der Waals surface area contributed by atoms with Crippen LogP contribution >= 0.6 is 7.60 Å². The van der Waals surface area contributed by atoms with Gasteiger partial charge in [0, 0.05) is 13.1 Å². The molecule has 2 atom stereocenters. The monoisotopic (exact) mass is 548 g/mol. The molecule has 0 aromatic heterocycles. The number of carbonyl (C=O) groups is 2. The van der Waals surface area contributed by atoms with Gasteiger partial charge < -0.3 is 18.7 Å². The highest BCUT2D eigenvalue weighted by Crippen LogP contribution is 2.57. The minimum Gasteiger partial charge on any atom is -0.445 e. The van der Waals surface area contributed by atoms with Gasteiger partial charge in [-0.3, -0.25) is 9.69 Å². The van der Waals surface area contributed by atoms with Crippen LogP contribution in [0.15, 0.2) is 91.0 Å². The van der Waals surface area contributed by atoms with E-state index in [0.717, 1.165) is 18.4 Å². The number of para-hydroxylation sites is 2. The minimum absolute atomic E-state index is 0.133. The summed E-state index contributed by atoms with van der Waals surface area (Å²) in [5.74, 6) is -0.225. The Balaban J connectivity index is 1.36. The van der Waals surface area contributed by atoms with Crippen molar-refractivity contribution in [2.75, 3.05) is 13.1 Å². The van der Waals surface area contributed by atoms with Gasteiger partial charge in [0.15, 0.2) is 5.78 Å². The lowest BCUT2D eigenvalue weighted by atomic mass is 10.0. The molecule has 0 N–H and O–H groups in total. The second-order valence-electron chi connectivity index (χ2n) is 9.75. The van der Waals surface area contributed by atoms with Crippen LogP contribution in [0, 0.1) is 0 Å². The Bertz CT molecular complexity index is 1250. The molecule has 2 fully saturated rings. The third-order valence-electron chi connectivity index (χ3n) is 7.05. The van der Waals surface area contributed by atoms with Crippen molar-refractivity contribution in [3.63, 3.8) is 0 Å². The number of benzene rings is 3. The number of amides is 2. The van der Waals surface area contributed by atoms with Crippen LogP contribution in [0.2, 0.25) is 0 Å². The Morgan fingerprint density at radius 2 is 1.28 bits per heavy atom. The van der Waals surface area contributed by atoms with Gasteiger partial charge in [0.05, 0.1) is 0 Å². The molecule has 39 heavy (non-hydrogen) atoms. The molecule has 0 radical (unpaired) electrons. The van der Waals surface area contributed by atoms with Gasteiger partial charge in [0.1, 0.15) is 24.1 Å². The van der Waals surface area contributed by atoms with Crippen molar-refractivity contribution in [2.24, 2.45) is 0 Å². The molecule has 0 saturated carbocycles. The molecular formula is C30H33N2O6P. The SMILES string of the molecule is O=C([C@@H]1CCCCN1C(=O)OCc1ccccc1)N1CCCC1P(=O)(Oc1ccccc1)Oc1ccccc1. The van der Waals surface area contributed by atoms with Gasteiger partial charge in [-0.1, -0.05) is 66.7 Å². The molecule has 2 aliphatic rings. The smallest absolute Gasteiger partial charge is 0.445 e. The first-order valence-electron chi connectivity index (χ1n) is 13.4. The maximum Gasteiger partial charge on any atom is 0.453 e. The van der Waals surface area contributed by atoms with Crippen LogP contribution in [-0.2, 0) is 20.7 Å². The summed E-state index contributed by atoms with van der Waals surface area (Å²) in [6.07, 6.45) is 2.73. The highest BCUT2D eigenvalue weighted by Gasteiger charge is 2.50. The van der Waals surface area contributed by atoms with Crippen LogP contribution in [0.25, 0.3) is 0 Å². The first-order chi connectivity index (χ1) is 19.0. The molecule has 3 aromatic carbocycles. The molecule has 5 rings (SSSR count). The van der Waals surface area contributed by atoms with Crippen LogP contribution in [0.3, 0.4) is 0 Å². The zero-order valence-corrected chi connectivity index (χ0v) is 22.7. The van der Waals surface area contributed by atoms with E-state index in [2.05, 4.69) is 0 Å². The quantitative estimate of drug-likeness (QED) is 0.300. The van der Waals surface area contributed by atoms with Crippen LogP contribution in [-0.4, -0.2) is 46.7 Å². The number of ether oxygens (including phenoxy) is 1. The van der Waals surface area contributed by atoms with Crippen LogP contribution in [0.4, 0.5) is 4.79 Å².